The molecule has 11 aromatic rings. The van der Waals surface area contributed by atoms with Gasteiger partial charge in [0.25, 0.3) is 0 Å². The van der Waals surface area contributed by atoms with Crippen molar-refractivity contribution in [2.45, 2.75) is 6.23 Å². The van der Waals surface area contributed by atoms with Crippen LogP contribution in [0.2, 0.25) is 0 Å². The predicted octanol–water partition coefficient (Wildman–Crippen LogP) is 16.9. The van der Waals surface area contributed by atoms with Crippen LogP contribution in [0.3, 0.4) is 0 Å². The molecule has 0 amide bonds. The number of nitrogens with one attached hydrogen (secondary N) is 1. The zero-order chi connectivity index (χ0) is 43.1. The molecule has 12 rings (SSSR count). The van der Waals surface area contributed by atoms with Crippen LogP contribution in [0.1, 0.15) is 11.8 Å². The molecule has 1 unspecified atom stereocenters. The Balaban J connectivity index is 0.939. The van der Waals surface area contributed by atoms with Crippen molar-refractivity contribution in [3.63, 3.8) is 0 Å². The van der Waals surface area contributed by atoms with E-state index in [9.17, 15) is 0 Å². The van der Waals surface area contributed by atoms with E-state index in [1.807, 2.05) is 30.3 Å². The highest BCUT2D eigenvalue weighted by Gasteiger charge is 2.30. The van der Waals surface area contributed by atoms with Crippen molar-refractivity contribution in [2.75, 3.05) is 10.2 Å². The second kappa shape index (κ2) is 16.3. The lowest BCUT2D eigenvalue weighted by molar-refractivity contribution is 0.260. The van der Waals surface area contributed by atoms with Crippen LogP contribution in [0.4, 0.5) is 22.7 Å². The standard InChI is InChI=1S/C61H42N2O2/c1-4-13-41(14-5-1)43-23-25-45(26-24-43)46-31-35-51(36-32-46)63(53-20-12-19-50(39-53)47-29-27-44(28-30-47)42-15-6-2-7-16-42)52-37-33-48(34-38-52)58-59-57(65-61(62-59)49-17-8-3-9-18-49)40-55-54-21-10-11-22-56(54)64-60(55)58/h1-40,61-62H. The molecule has 10 aromatic carbocycles. The van der Waals surface area contributed by atoms with Gasteiger partial charge >= 0.3 is 0 Å². The summed E-state index contributed by atoms with van der Waals surface area (Å²) in [7, 11) is 0. The van der Waals surface area contributed by atoms with Gasteiger partial charge in [-0.1, -0.05) is 194 Å². The van der Waals surface area contributed by atoms with E-state index < -0.39 is 0 Å². The van der Waals surface area contributed by atoms with Crippen molar-refractivity contribution in [3.05, 3.63) is 248 Å². The normalized spacial score (nSPS) is 13.0. The average molecular weight is 835 g/mol. The fourth-order valence-electron chi connectivity index (χ4n) is 9.24. The van der Waals surface area contributed by atoms with Crippen LogP contribution in [-0.4, -0.2) is 0 Å². The Morgan fingerprint density at radius 2 is 0.815 bits per heavy atom. The summed E-state index contributed by atoms with van der Waals surface area (Å²) >= 11 is 0. The van der Waals surface area contributed by atoms with Gasteiger partial charge in [0.05, 0.1) is 11.3 Å². The van der Waals surface area contributed by atoms with Gasteiger partial charge in [-0.05, 0) is 98.6 Å². The number of benzene rings is 10. The van der Waals surface area contributed by atoms with E-state index in [0.29, 0.717) is 0 Å². The maximum atomic E-state index is 6.68. The van der Waals surface area contributed by atoms with Crippen LogP contribution in [0.5, 0.6) is 5.75 Å². The van der Waals surface area contributed by atoms with Crippen molar-refractivity contribution >= 4 is 44.7 Å². The Bertz CT molecular complexity index is 3440. The van der Waals surface area contributed by atoms with E-state index in [2.05, 4.69) is 223 Å². The topological polar surface area (TPSA) is 37.6 Å². The van der Waals surface area contributed by atoms with Gasteiger partial charge in [0.1, 0.15) is 16.9 Å². The molecular weight excluding hydrogens is 793 g/mol. The molecule has 1 aromatic heterocycles. The van der Waals surface area contributed by atoms with E-state index in [1.165, 1.54) is 27.8 Å². The number of nitrogens with zero attached hydrogens (tertiary/aromatic N) is 1. The molecule has 1 aliphatic heterocycles. The SMILES string of the molecule is c1ccc(-c2ccc(-c3ccc(N(c4ccc(-c5c6c(cc7c5oc5ccccc57)OC(c5ccccc5)N6)cc4)c4cccc(-c5ccc(-c6ccccc6)cc5)c4)cc3)cc2)cc1. The minimum atomic E-state index is -0.316. The molecule has 1 N–H and O–H groups in total. The molecule has 65 heavy (non-hydrogen) atoms. The summed E-state index contributed by atoms with van der Waals surface area (Å²) in [5.74, 6) is 0.807. The highest BCUT2D eigenvalue weighted by Crippen LogP contribution is 2.51. The third-order valence-corrected chi connectivity index (χ3v) is 12.6. The Morgan fingerprint density at radius 1 is 0.354 bits per heavy atom. The molecule has 0 saturated heterocycles. The number of hydrogen-bond acceptors (Lipinski definition) is 4. The molecule has 4 nitrogen and oxygen atoms in total. The monoisotopic (exact) mass is 834 g/mol. The number of hydrogen-bond donors (Lipinski definition) is 1. The third kappa shape index (κ3) is 7.17. The molecule has 0 fully saturated rings. The molecule has 0 saturated carbocycles. The molecule has 0 spiro atoms. The van der Waals surface area contributed by atoms with Crippen molar-refractivity contribution in [1.82, 2.24) is 0 Å². The van der Waals surface area contributed by atoms with Crippen molar-refractivity contribution in [3.8, 4) is 61.4 Å². The first-order valence-electron chi connectivity index (χ1n) is 22.1. The van der Waals surface area contributed by atoms with Crippen molar-refractivity contribution in [1.29, 1.82) is 0 Å². The molecule has 2 heterocycles. The van der Waals surface area contributed by atoms with Gasteiger partial charge in [-0.15, -0.1) is 0 Å². The first-order chi connectivity index (χ1) is 32.2. The predicted molar refractivity (Wildman–Crippen MR) is 269 cm³/mol. The second-order valence-corrected chi connectivity index (χ2v) is 16.5. The summed E-state index contributed by atoms with van der Waals surface area (Å²) in [5, 5.41) is 5.80. The Labute approximate surface area is 378 Å². The van der Waals surface area contributed by atoms with Crippen LogP contribution in [-0.2, 0) is 0 Å². The molecular formula is C61H42N2O2. The molecule has 0 bridgehead atoms. The van der Waals surface area contributed by atoms with Gasteiger partial charge in [0.15, 0.2) is 6.23 Å². The first kappa shape index (κ1) is 38.1. The lowest BCUT2D eigenvalue weighted by atomic mass is 9.98. The fraction of sp³-hybridized carbons (Fsp3) is 0.0164. The fourth-order valence-corrected chi connectivity index (χ4v) is 9.24. The van der Waals surface area contributed by atoms with Crippen LogP contribution in [0.15, 0.2) is 247 Å². The van der Waals surface area contributed by atoms with Crippen molar-refractivity contribution < 1.29 is 9.15 Å². The van der Waals surface area contributed by atoms with E-state index in [0.717, 1.165) is 83.8 Å². The van der Waals surface area contributed by atoms with Gasteiger partial charge in [-0.3, -0.25) is 0 Å². The smallest absolute Gasteiger partial charge is 0.196 e. The van der Waals surface area contributed by atoms with Crippen LogP contribution >= 0.6 is 0 Å². The Morgan fingerprint density at radius 3 is 1.40 bits per heavy atom. The Hall–Kier alpha value is -8.60. The minimum absolute atomic E-state index is 0.316. The van der Waals surface area contributed by atoms with Gasteiger partial charge in [-0.2, -0.15) is 0 Å². The number of para-hydroxylation sites is 1. The lowest BCUT2D eigenvalue weighted by Gasteiger charge is -2.26. The van der Waals surface area contributed by atoms with Crippen LogP contribution in [0.25, 0.3) is 77.6 Å². The summed E-state index contributed by atoms with van der Waals surface area (Å²) in [6.07, 6.45) is -0.316. The van der Waals surface area contributed by atoms with Gasteiger partial charge < -0.3 is 19.4 Å². The molecule has 308 valence electrons. The summed E-state index contributed by atoms with van der Waals surface area (Å²) in [6.45, 7) is 0. The number of anilines is 4. The second-order valence-electron chi connectivity index (χ2n) is 16.5. The van der Waals surface area contributed by atoms with Gasteiger partial charge in [0, 0.05) is 33.4 Å². The number of furan rings is 1. The summed E-state index contributed by atoms with van der Waals surface area (Å²) in [5.41, 5.74) is 18.3. The third-order valence-electron chi connectivity index (χ3n) is 12.6. The number of rotatable bonds is 9. The highest BCUT2D eigenvalue weighted by atomic mass is 16.5. The first-order valence-corrected chi connectivity index (χ1v) is 22.1. The lowest BCUT2D eigenvalue weighted by Crippen LogP contribution is -2.10. The molecule has 4 heteroatoms. The zero-order valence-corrected chi connectivity index (χ0v) is 35.4. The molecule has 0 radical (unpaired) electrons. The minimum Gasteiger partial charge on any atom is -0.464 e. The quantitative estimate of drug-likeness (QED) is 0.157. The Kier molecular flexibility index (Phi) is 9.53. The van der Waals surface area contributed by atoms with E-state index >= 15 is 0 Å². The van der Waals surface area contributed by atoms with Crippen LogP contribution in [0, 0.1) is 0 Å². The zero-order valence-electron chi connectivity index (χ0n) is 35.4. The summed E-state index contributed by atoms with van der Waals surface area (Å²) < 4.78 is 13.3. The average Bonchev–Trinajstić information content (AvgIpc) is 3.99. The largest absolute Gasteiger partial charge is 0.464 e. The van der Waals surface area contributed by atoms with Gasteiger partial charge in [-0.25, -0.2) is 0 Å². The molecule has 0 aliphatic carbocycles. The molecule has 1 aliphatic rings. The molecule has 1 atom stereocenters. The van der Waals surface area contributed by atoms with Crippen molar-refractivity contribution in [2.24, 2.45) is 0 Å². The van der Waals surface area contributed by atoms with E-state index in [-0.39, 0.29) is 6.23 Å². The summed E-state index contributed by atoms with van der Waals surface area (Å²) in [6, 6.07) is 85.9. The van der Waals surface area contributed by atoms with E-state index in [1.54, 1.807) is 0 Å². The number of ether oxygens (including phenoxy) is 1. The van der Waals surface area contributed by atoms with Crippen LogP contribution < -0.4 is 15.0 Å². The maximum Gasteiger partial charge on any atom is 0.196 e. The highest BCUT2D eigenvalue weighted by molar-refractivity contribution is 6.14. The van der Waals surface area contributed by atoms with E-state index in [4.69, 9.17) is 9.15 Å². The number of fused-ring (bicyclic) bond motifs is 4. The maximum absolute atomic E-state index is 6.68. The van der Waals surface area contributed by atoms with Gasteiger partial charge in [0.2, 0.25) is 0 Å². The summed E-state index contributed by atoms with van der Waals surface area (Å²) in [4.78, 5) is 2.34.